The fourth-order valence-corrected chi connectivity index (χ4v) is 5.21. The Morgan fingerprint density at radius 3 is 2.60 bits per heavy atom. The second kappa shape index (κ2) is 11.4. The van der Waals surface area contributed by atoms with Crippen LogP contribution in [0.4, 0.5) is 0 Å². The predicted molar refractivity (Wildman–Crippen MR) is 135 cm³/mol. The lowest BCUT2D eigenvalue weighted by atomic mass is 9.77. The average Bonchev–Trinajstić information content (AvgIpc) is 3.27. The monoisotopic (exact) mass is 501 g/mol. The first kappa shape index (κ1) is 25.5. The molecular weight excluding hydrogens is 466 g/mol. The third-order valence-electron chi connectivity index (χ3n) is 7.12. The number of amides is 2. The lowest BCUT2D eigenvalue weighted by Gasteiger charge is -2.43. The summed E-state index contributed by atoms with van der Waals surface area (Å²) in [5, 5.41) is 4.80. The highest BCUT2D eigenvalue weighted by molar-refractivity contribution is 6.30. The zero-order chi connectivity index (χ0) is 24.8. The fraction of sp³-hybridized carbons (Fsp3) is 0.577. The van der Waals surface area contributed by atoms with Crippen molar-refractivity contribution in [1.29, 1.82) is 0 Å². The van der Waals surface area contributed by atoms with Gasteiger partial charge < -0.3 is 19.4 Å². The summed E-state index contributed by atoms with van der Waals surface area (Å²) in [5.74, 6) is 0.953. The van der Waals surface area contributed by atoms with Gasteiger partial charge >= 0.3 is 0 Å². The molecule has 2 amide bonds. The number of likely N-dealkylation sites (tertiary alicyclic amines) is 1. The molecule has 2 aliphatic rings. The van der Waals surface area contributed by atoms with Gasteiger partial charge in [-0.1, -0.05) is 17.7 Å². The molecule has 0 spiro atoms. The summed E-state index contributed by atoms with van der Waals surface area (Å²) in [7, 11) is 3.96. The molecule has 8 nitrogen and oxygen atoms in total. The maximum atomic E-state index is 13.4. The van der Waals surface area contributed by atoms with Gasteiger partial charge in [-0.15, -0.1) is 0 Å². The van der Waals surface area contributed by atoms with Crippen molar-refractivity contribution in [3.63, 3.8) is 0 Å². The molecule has 1 aromatic heterocycles. The third-order valence-corrected chi connectivity index (χ3v) is 7.36. The van der Waals surface area contributed by atoms with Crippen LogP contribution in [0.2, 0.25) is 5.02 Å². The average molecular weight is 502 g/mol. The van der Waals surface area contributed by atoms with Gasteiger partial charge in [0, 0.05) is 75.8 Å². The number of aromatic nitrogens is 2. The van der Waals surface area contributed by atoms with E-state index in [-0.39, 0.29) is 11.8 Å². The molecule has 35 heavy (non-hydrogen) atoms. The molecule has 3 heterocycles. The van der Waals surface area contributed by atoms with Crippen LogP contribution in [0.1, 0.15) is 31.2 Å². The van der Waals surface area contributed by atoms with Crippen molar-refractivity contribution in [2.24, 2.45) is 12.5 Å². The third kappa shape index (κ3) is 6.98. The van der Waals surface area contributed by atoms with Gasteiger partial charge in [0.25, 0.3) is 0 Å². The number of ether oxygens (including phenoxy) is 1. The Bertz CT molecular complexity index is 1020. The maximum Gasteiger partial charge on any atom is 0.223 e. The van der Waals surface area contributed by atoms with E-state index in [0.29, 0.717) is 49.7 Å². The fourth-order valence-electron chi connectivity index (χ4n) is 5.03. The maximum absolute atomic E-state index is 13.4. The molecule has 0 bridgehead atoms. The molecule has 0 aliphatic carbocycles. The number of carbonyl (C=O) groups is 2. The van der Waals surface area contributed by atoms with Crippen molar-refractivity contribution in [3.05, 3.63) is 47.2 Å². The van der Waals surface area contributed by atoms with Crippen LogP contribution in [0.15, 0.2) is 36.7 Å². The Kier molecular flexibility index (Phi) is 8.34. The van der Waals surface area contributed by atoms with Crippen LogP contribution >= 0.6 is 11.6 Å². The highest BCUT2D eigenvalue weighted by Gasteiger charge is 2.41. The van der Waals surface area contributed by atoms with Crippen LogP contribution in [-0.2, 0) is 23.1 Å². The van der Waals surface area contributed by atoms with Crippen molar-refractivity contribution < 1.29 is 14.3 Å². The van der Waals surface area contributed by atoms with Crippen molar-refractivity contribution in [1.82, 2.24) is 24.5 Å². The molecular formula is C26H36ClN5O3. The number of nitrogens with zero attached hydrogens (tertiary/aromatic N) is 5. The number of carbonyl (C=O) groups excluding carboxylic acids is 2. The molecule has 4 rings (SSSR count). The lowest BCUT2D eigenvalue weighted by Crippen LogP contribution is -2.53. The topological polar surface area (TPSA) is 70.9 Å². The molecule has 1 unspecified atom stereocenters. The largest absolute Gasteiger partial charge is 0.493 e. The molecule has 0 saturated carbocycles. The van der Waals surface area contributed by atoms with E-state index in [4.69, 9.17) is 16.3 Å². The van der Waals surface area contributed by atoms with Gasteiger partial charge in [-0.2, -0.15) is 5.10 Å². The van der Waals surface area contributed by atoms with Crippen molar-refractivity contribution in [2.75, 3.05) is 52.9 Å². The summed E-state index contributed by atoms with van der Waals surface area (Å²) in [6.45, 7) is 4.88. The summed E-state index contributed by atoms with van der Waals surface area (Å²) in [6, 6.07) is 7.33. The summed E-state index contributed by atoms with van der Waals surface area (Å²) in [5.41, 5.74) is 0.629. The predicted octanol–water partition coefficient (Wildman–Crippen LogP) is 2.86. The van der Waals surface area contributed by atoms with Crippen LogP contribution < -0.4 is 4.74 Å². The van der Waals surface area contributed by atoms with Gasteiger partial charge in [0.2, 0.25) is 11.8 Å². The molecule has 2 fully saturated rings. The zero-order valence-corrected chi connectivity index (χ0v) is 21.5. The van der Waals surface area contributed by atoms with E-state index in [9.17, 15) is 9.59 Å². The van der Waals surface area contributed by atoms with E-state index in [1.54, 1.807) is 16.9 Å². The van der Waals surface area contributed by atoms with Crippen molar-refractivity contribution in [2.45, 2.75) is 32.1 Å². The van der Waals surface area contributed by atoms with Crippen LogP contribution in [0.3, 0.4) is 0 Å². The minimum Gasteiger partial charge on any atom is -0.493 e. The van der Waals surface area contributed by atoms with Crippen LogP contribution in [0.25, 0.3) is 0 Å². The van der Waals surface area contributed by atoms with E-state index < -0.39 is 5.41 Å². The van der Waals surface area contributed by atoms with E-state index in [1.807, 2.05) is 41.2 Å². The highest BCUT2D eigenvalue weighted by Crippen LogP contribution is 2.36. The number of halogens is 1. The van der Waals surface area contributed by atoms with Crippen molar-refractivity contribution >= 4 is 23.4 Å². The zero-order valence-electron chi connectivity index (χ0n) is 20.8. The molecule has 2 aromatic rings. The minimum atomic E-state index is -0.426. The first-order valence-electron chi connectivity index (χ1n) is 12.4. The van der Waals surface area contributed by atoms with Crippen LogP contribution in [0, 0.1) is 5.41 Å². The highest BCUT2D eigenvalue weighted by atomic mass is 35.5. The quantitative estimate of drug-likeness (QED) is 0.556. The number of hydrogen-bond acceptors (Lipinski definition) is 5. The molecule has 2 saturated heterocycles. The van der Waals surface area contributed by atoms with Crippen LogP contribution in [-0.4, -0.2) is 89.2 Å². The number of likely N-dealkylation sites (N-methyl/N-ethyl adjacent to an activating group) is 1. The van der Waals surface area contributed by atoms with Gasteiger partial charge in [-0.25, -0.2) is 0 Å². The molecule has 0 N–H and O–H groups in total. The lowest BCUT2D eigenvalue weighted by molar-refractivity contribution is -0.142. The Morgan fingerprint density at radius 1 is 1.09 bits per heavy atom. The summed E-state index contributed by atoms with van der Waals surface area (Å²) >= 11 is 6.15. The second-order valence-corrected chi connectivity index (χ2v) is 10.5. The first-order chi connectivity index (χ1) is 16.8. The van der Waals surface area contributed by atoms with E-state index in [1.165, 1.54) is 0 Å². The normalized spacial score (nSPS) is 21.2. The molecule has 9 heteroatoms. The van der Waals surface area contributed by atoms with Crippen LogP contribution in [0.5, 0.6) is 5.75 Å². The Morgan fingerprint density at radius 2 is 1.89 bits per heavy atom. The SMILES string of the molecule is CN1CCN(C(=O)CC2(COc3cccc(Cl)c3)CCCN(C(=O)CCc3cnn(C)c3)C2)CC1. The van der Waals surface area contributed by atoms with Gasteiger partial charge in [0.15, 0.2) is 0 Å². The van der Waals surface area contributed by atoms with E-state index in [2.05, 4.69) is 17.0 Å². The summed E-state index contributed by atoms with van der Waals surface area (Å²) in [6.07, 6.45) is 6.93. The number of rotatable bonds is 8. The number of piperazine rings is 1. The summed E-state index contributed by atoms with van der Waals surface area (Å²) in [4.78, 5) is 32.6. The van der Waals surface area contributed by atoms with Gasteiger partial charge in [0.1, 0.15) is 5.75 Å². The standard InChI is InChI=1S/C26H36ClN5O3/c1-29-11-13-31(14-12-29)25(34)16-26(20-35-23-6-3-5-22(27)15-23)9-4-10-32(19-26)24(33)8-7-21-17-28-30(2)18-21/h3,5-6,15,17-18H,4,7-14,16,19-20H2,1-2H3. The van der Waals surface area contributed by atoms with Gasteiger partial charge in [0.05, 0.1) is 12.8 Å². The van der Waals surface area contributed by atoms with Gasteiger partial charge in [-0.3, -0.25) is 14.3 Å². The van der Waals surface area contributed by atoms with E-state index in [0.717, 1.165) is 44.6 Å². The Hall–Kier alpha value is -2.58. The molecule has 1 atom stereocenters. The second-order valence-electron chi connectivity index (χ2n) is 10.0. The van der Waals surface area contributed by atoms with Gasteiger partial charge in [-0.05, 0) is 50.1 Å². The molecule has 190 valence electrons. The summed E-state index contributed by atoms with van der Waals surface area (Å²) < 4.78 is 7.94. The number of hydrogen-bond donors (Lipinski definition) is 0. The molecule has 1 aromatic carbocycles. The van der Waals surface area contributed by atoms with E-state index >= 15 is 0 Å². The molecule has 0 radical (unpaired) electrons. The first-order valence-corrected chi connectivity index (χ1v) is 12.8. The smallest absolute Gasteiger partial charge is 0.223 e. The number of benzene rings is 1. The molecule has 2 aliphatic heterocycles. The Labute approximate surface area is 212 Å². The Balaban J connectivity index is 1.44. The van der Waals surface area contributed by atoms with Crippen molar-refractivity contribution in [3.8, 4) is 5.75 Å². The minimum absolute atomic E-state index is 0.118. The number of aryl methyl sites for hydroxylation is 2. The number of piperidine rings is 1.